The molecule has 2 aromatic heterocycles. The van der Waals surface area contributed by atoms with Gasteiger partial charge in [0.05, 0.1) is 12.6 Å². The van der Waals surface area contributed by atoms with Crippen LogP contribution in [-0.2, 0) is 6.54 Å². The van der Waals surface area contributed by atoms with Gasteiger partial charge in [-0.05, 0) is 44.5 Å². The number of amides is 1. The number of hydrogen-bond donors (Lipinski definition) is 2. The van der Waals surface area contributed by atoms with Gasteiger partial charge >= 0.3 is 0 Å². The Hall–Kier alpha value is -3.09. The van der Waals surface area contributed by atoms with Gasteiger partial charge < -0.3 is 20.4 Å². The van der Waals surface area contributed by atoms with Gasteiger partial charge in [-0.1, -0.05) is 6.07 Å². The number of nitrogens with one attached hydrogen (secondary N) is 1. The summed E-state index contributed by atoms with van der Waals surface area (Å²) in [4.78, 5) is 21.2. The van der Waals surface area contributed by atoms with Crippen molar-refractivity contribution in [1.82, 2.24) is 19.9 Å². The Kier molecular flexibility index (Phi) is 4.79. The quantitative estimate of drug-likeness (QED) is 0.734. The van der Waals surface area contributed by atoms with Crippen LogP contribution in [0.1, 0.15) is 27.4 Å². The van der Waals surface area contributed by atoms with Gasteiger partial charge in [0, 0.05) is 24.3 Å². The van der Waals surface area contributed by atoms with Gasteiger partial charge in [-0.25, -0.2) is 9.97 Å². The van der Waals surface area contributed by atoms with Crippen molar-refractivity contribution in [2.45, 2.75) is 27.3 Å². The van der Waals surface area contributed by atoms with Crippen molar-refractivity contribution >= 4 is 22.8 Å². The Bertz CT molecular complexity index is 978. The molecule has 3 N–H and O–H groups in total. The summed E-state index contributed by atoms with van der Waals surface area (Å²) >= 11 is 0. The number of nitrogens with zero attached hydrogens (tertiary/aromatic N) is 3. The van der Waals surface area contributed by atoms with Crippen LogP contribution in [0.2, 0.25) is 0 Å². The van der Waals surface area contributed by atoms with E-state index in [4.69, 9.17) is 10.5 Å². The molecule has 1 aromatic carbocycles. The number of benzene rings is 1. The van der Waals surface area contributed by atoms with E-state index in [0.29, 0.717) is 35.7 Å². The van der Waals surface area contributed by atoms with E-state index in [1.807, 2.05) is 20.8 Å². The number of pyridine rings is 1. The smallest absolute Gasteiger partial charge is 0.251 e. The van der Waals surface area contributed by atoms with Crippen LogP contribution in [0.15, 0.2) is 24.3 Å². The summed E-state index contributed by atoms with van der Waals surface area (Å²) in [5.74, 6) is 1.80. The molecule has 0 fully saturated rings. The second kappa shape index (κ2) is 7.03. The van der Waals surface area contributed by atoms with Crippen LogP contribution in [0.25, 0.3) is 11.0 Å². The van der Waals surface area contributed by atoms with Gasteiger partial charge in [-0.3, -0.25) is 4.79 Å². The lowest BCUT2D eigenvalue weighted by atomic mass is 10.2. The zero-order valence-corrected chi connectivity index (χ0v) is 15.5. The van der Waals surface area contributed by atoms with Crippen LogP contribution < -0.4 is 15.8 Å². The summed E-state index contributed by atoms with van der Waals surface area (Å²) in [5, 5.41) is 2.94. The molecular formula is C19H23N5O2. The summed E-state index contributed by atoms with van der Waals surface area (Å²) in [6, 6.07) is 7.08. The van der Waals surface area contributed by atoms with Gasteiger partial charge in [-0.2, -0.15) is 0 Å². The Labute approximate surface area is 152 Å². The minimum absolute atomic E-state index is 0.139. The highest BCUT2D eigenvalue weighted by molar-refractivity contribution is 5.94. The third-order valence-electron chi connectivity index (χ3n) is 4.54. The first kappa shape index (κ1) is 17.7. The third-order valence-corrected chi connectivity index (χ3v) is 4.54. The van der Waals surface area contributed by atoms with E-state index >= 15 is 0 Å². The first-order valence-electron chi connectivity index (χ1n) is 8.44. The van der Waals surface area contributed by atoms with Crippen molar-refractivity contribution < 1.29 is 9.53 Å². The zero-order valence-electron chi connectivity index (χ0n) is 15.5. The average molecular weight is 353 g/mol. The molecule has 26 heavy (non-hydrogen) atoms. The molecule has 3 aromatic rings. The summed E-state index contributed by atoms with van der Waals surface area (Å²) in [7, 11) is 1.58. The van der Waals surface area contributed by atoms with Crippen LogP contribution in [0.4, 0.5) is 5.82 Å². The lowest BCUT2D eigenvalue weighted by Crippen LogP contribution is -2.27. The Morgan fingerprint density at radius 2 is 2.04 bits per heavy atom. The van der Waals surface area contributed by atoms with Crippen LogP contribution in [0, 0.1) is 20.8 Å². The van der Waals surface area contributed by atoms with Crippen LogP contribution in [0.5, 0.6) is 5.75 Å². The highest BCUT2D eigenvalue weighted by Gasteiger charge is 2.15. The molecule has 0 atom stereocenters. The second-order valence-corrected chi connectivity index (χ2v) is 6.20. The van der Waals surface area contributed by atoms with E-state index in [9.17, 15) is 4.79 Å². The maximum absolute atomic E-state index is 12.3. The summed E-state index contributed by atoms with van der Waals surface area (Å²) in [5.41, 5.74) is 10.2. The number of fused-ring (bicyclic) bond motifs is 1. The fourth-order valence-electron chi connectivity index (χ4n) is 3.03. The highest BCUT2D eigenvalue weighted by atomic mass is 16.5. The van der Waals surface area contributed by atoms with E-state index in [-0.39, 0.29) is 5.91 Å². The number of methoxy groups -OCH3 is 1. The number of ether oxygens (including phenoxy) is 1. The fourth-order valence-corrected chi connectivity index (χ4v) is 3.03. The van der Waals surface area contributed by atoms with Gasteiger partial charge in [0.15, 0.2) is 5.82 Å². The number of rotatable bonds is 5. The standard InChI is InChI=1S/C19H23N5O2/c1-11-12(2)22-18(20)16-17(11)24(13(3)23-16)9-8-21-19(25)14-6-5-7-15(10-14)26-4/h5-7,10H,8-9H2,1-4H3,(H2,20,22)(H,21,25). The number of hydrogen-bond acceptors (Lipinski definition) is 5. The molecule has 1 amide bonds. The minimum Gasteiger partial charge on any atom is -0.497 e. The molecule has 0 spiro atoms. The minimum atomic E-state index is -0.139. The van der Waals surface area contributed by atoms with Crippen molar-refractivity contribution in [3.05, 3.63) is 46.9 Å². The number of carbonyl (C=O) groups excluding carboxylic acids is 1. The number of aryl methyl sites for hydroxylation is 3. The lowest BCUT2D eigenvalue weighted by molar-refractivity contribution is 0.0952. The molecular weight excluding hydrogens is 330 g/mol. The van der Waals surface area contributed by atoms with E-state index in [2.05, 4.69) is 19.9 Å². The number of nitrogen functional groups attached to an aromatic ring is 1. The molecule has 2 heterocycles. The van der Waals surface area contributed by atoms with Crippen LogP contribution in [-0.4, -0.2) is 34.1 Å². The molecule has 0 aliphatic carbocycles. The van der Waals surface area contributed by atoms with Gasteiger partial charge in [0.2, 0.25) is 0 Å². The van der Waals surface area contributed by atoms with E-state index in [1.54, 1.807) is 31.4 Å². The average Bonchev–Trinajstić information content (AvgIpc) is 2.97. The van der Waals surface area contributed by atoms with Crippen LogP contribution in [0.3, 0.4) is 0 Å². The maximum Gasteiger partial charge on any atom is 0.251 e. The predicted molar refractivity (Wildman–Crippen MR) is 101 cm³/mol. The highest BCUT2D eigenvalue weighted by Crippen LogP contribution is 2.25. The van der Waals surface area contributed by atoms with E-state index < -0.39 is 0 Å². The van der Waals surface area contributed by atoms with Crippen molar-refractivity contribution in [2.24, 2.45) is 0 Å². The van der Waals surface area contributed by atoms with Crippen LogP contribution >= 0.6 is 0 Å². The predicted octanol–water partition coefficient (Wildman–Crippen LogP) is 2.38. The number of anilines is 1. The Morgan fingerprint density at radius 1 is 1.27 bits per heavy atom. The molecule has 0 saturated carbocycles. The first-order chi connectivity index (χ1) is 12.4. The molecule has 0 aliphatic rings. The van der Waals surface area contributed by atoms with Crippen molar-refractivity contribution in [1.29, 1.82) is 0 Å². The number of nitrogens with two attached hydrogens (primary N) is 1. The van der Waals surface area contributed by atoms with Crippen molar-refractivity contribution in [3.8, 4) is 5.75 Å². The number of carbonyl (C=O) groups is 1. The summed E-state index contributed by atoms with van der Waals surface area (Å²) < 4.78 is 7.23. The normalized spacial score (nSPS) is 10.9. The summed E-state index contributed by atoms with van der Waals surface area (Å²) in [6.07, 6.45) is 0. The number of aromatic nitrogens is 3. The molecule has 7 nitrogen and oxygen atoms in total. The maximum atomic E-state index is 12.3. The largest absolute Gasteiger partial charge is 0.497 e. The molecule has 0 radical (unpaired) electrons. The molecule has 0 aliphatic heterocycles. The second-order valence-electron chi connectivity index (χ2n) is 6.20. The molecule has 0 bridgehead atoms. The molecule has 0 unspecified atom stereocenters. The van der Waals surface area contributed by atoms with Gasteiger partial charge in [0.1, 0.15) is 17.1 Å². The SMILES string of the molecule is COc1cccc(C(=O)NCCn2c(C)nc3c(N)nc(C)c(C)c32)c1. The lowest BCUT2D eigenvalue weighted by Gasteiger charge is -2.11. The van der Waals surface area contributed by atoms with E-state index in [0.717, 1.165) is 22.6 Å². The Morgan fingerprint density at radius 3 is 2.77 bits per heavy atom. The fraction of sp³-hybridized carbons (Fsp3) is 0.316. The molecule has 3 rings (SSSR count). The van der Waals surface area contributed by atoms with Gasteiger partial charge in [0.25, 0.3) is 5.91 Å². The number of imidazole rings is 1. The summed E-state index contributed by atoms with van der Waals surface area (Å²) in [6.45, 7) is 6.95. The van der Waals surface area contributed by atoms with Crippen molar-refractivity contribution in [2.75, 3.05) is 19.4 Å². The van der Waals surface area contributed by atoms with E-state index in [1.165, 1.54) is 0 Å². The Balaban J connectivity index is 1.78. The zero-order chi connectivity index (χ0) is 18.8. The van der Waals surface area contributed by atoms with Gasteiger partial charge in [-0.15, -0.1) is 0 Å². The first-order valence-corrected chi connectivity index (χ1v) is 8.44. The monoisotopic (exact) mass is 353 g/mol. The topological polar surface area (TPSA) is 95.1 Å². The molecule has 136 valence electrons. The molecule has 7 heteroatoms. The van der Waals surface area contributed by atoms with Crippen molar-refractivity contribution in [3.63, 3.8) is 0 Å². The third kappa shape index (κ3) is 3.20. The molecule has 0 saturated heterocycles.